The van der Waals surface area contributed by atoms with Gasteiger partial charge in [-0.2, -0.15) is 5.26 Å². The van der Waals surface area contributed by atoms with Gasteiger partial charge in [-0.05, 0) is 18.4 Å². The number of amides is 1. The molecule has 1 rings (SSSR count). The predicted octanol–water partition coefficient (Wildman–Crippen LogP) is 3.15. The van der Waals surface area contributed by atoms with Gasteiger partial charge in [-0.3, -0.25) is 4.79 Å². The van der Waals surface area contributed by atoms with Crippen LogP contribution >= 0.6 is 0 Å². The Hall–Kier alpha value is -1.82. The van der Waals surface area contributed by atoms with Gasteiger partial charge in [0.25, 0.3) is 0 Å². The van der Waals surface area contributed by atoms with Gasteiger partial charge in [0.15, 0.2) is 0 Å². The minimum absolute atomic E-state index is 0.00885. The maximum absolute atomic E-state index is 12.3. The van der Waals surface area contributed by atoms with Gasteiger partial charge in [0.2, 0.25) is 5.91 Å². The minimum Gasteiger partial charge on any atom is -0.326 e. The Morgan fingerprint density at radius 1 is 1.28 bits per heavy atom. The molecule has 0 aromatic heterocycles. The fourth-order valence-electron chi connectivity index (χ4n) is 2.07. The molecule has 1 atom stereocenters. The lowest BCUT2D eigenvalue weighted by Crippen LogP contribution is -2.35. The average Bonchev–Trinajstić information content (AvgIpc) is 2.42. The Morgan fingerprint density at radius 3 is 2.28 bits per heavy atom. The second-order valence-electron chi connectivity index (χ2n) is 4.40. The van der Waals surface area contributed by atoms with Crippen LogP contribution in [-0.2, 0) is 4.79 Å². The summed E-state index contributed by atoms with van der Waals surface area (Å²) in [5.74, 6) is 0.0602. The Balaban J connectivity index is 2.90. The number of nitrogens with zero attached hydrogens (tertiary/aromatic N) is 2. The third kappa shape index (κ3) is 3.10. The third-order valence-corrected chi connectivity index (χ3v) is 3.31. The zero-order valence-electron chi connectivity index (χ0n) is 11.3. The van der Waals surface area contributed by atoms with Crippen LogP contribution in [0.2, 0.25) is 0 Å². The summed E-state index contributed by atoms with van der Waals surface area (Å²) >= 11 is 0. The maximum atomic E-state index is 12.3. The topological polar surface area (TPSA) is 44.1 Å². The lowest BCUT2D eigenvalue weighted by atomic mass is 9.99. The number of carbonyl (C=O) groups excluding carboxylic acids is 1. The molecular weight excluding hydrogens is 224 g/mol. The van der Waals surface area contributed by atoms with Gasteiger partial charge in [0, 0.05) is 13.0 Å². The lowest BCUT2D eigenvalue weighted by molar-refractivity contribution is -0.135. The Labute approximate surface area is 109 Å². The molecule has 3 heteroatoms. The fourth-order valence-corrected chi connectivity index (χ4v) is 2.07. The molecule has 0 aliphatic rings. The van der Waals surface area contributed by atoms with Crippen molar-refractivity contribution in [2.24, 2.45) is 5.92 Å². The fraction of sp³-hybridized carbons (Fsp3) is 0.467. The van der Waals surface area contributed by atoms with Crippen LogP contribution in [0.25, 0.3) is 0 Å². The van der Waals surface area contributed by atoms with Crippen molar-refractivity contribution in [2.75, 3.05) is 7.05 Å². The highest BCUT2D eigenvalue weighted by atomic mass is 16.2. The Bertz CT molecular complexity index is 418. The van der Waals surface area contributed by atoms with E-state index in [1.54, 1.807) is 11.9 Å². The van der Waals surface area contributed by atoms with Gasteiger partial charge in [0.1, 0.15) is 6.04 Å². The van der Waals surface area contributed by atoms with Gasteiger partial charge >= 0.3 is 0 Å². The van der Waals surface area contributed by atoms with Crippen LogP contribution in [0.3, 0.4) is 0 Å². The Kier molecular flexibility index (Phi) is 5.38. The molecule has 0 bridgehead atoms. The molecular formula is C15H20N2O. The molecule has 0 saturated carbocycles. The van der Waals surface area contributed by atoms with E-state index in [4.69, 9.17) is 0 Å². The first kappa shape index (κ1) is 14.2. The van der Waals surface area contributed by atoms with Crippen LogP contribution in [0.15, 0.2) is 30.3 Å². The van der Waals surface area contributed by atoms with Crippen LogP contribution in [0, 0.1) is 17.2 Å². The van der Waals surface area contributed by atoms with Crippen molar-refractivity contribution in [2.45, 2.75) is 32.7 Å². The maximum Gasteiger partial charge on any atom is 0.226 e. The third-order valence-electron chi connectivity index (χ3n) is 3.31. The summed E-state index contributed by atoms with van der Waals surface area (Å²) in [6.07, 6.45) is 1.62. The summed E-state index contributed by atoms with van der Waals surface area (Å²) < 4.78 is 0. The molecule has 1 amide bonds. The van der Waals surface area contributed by atoms with Crippen LogP contribution < -0.4 is 0 Å². The van der Waals surface area contributed by atoms with Crippen molar-refractivity contribution in [3.05, 3.63) is 35.9 Å². The molecule has 0 aliphatic heterocycles. The molecule has 0 fully saturated rings. The van der Waals surface area contributed by atoms with Crippen molar-refractivity contribution >= 4 is 5.91 Å². The van der Waals surface area contributed by atoms with E-state index in [0.29, 0.717) is 0 Å². The van der Waals surface area contributed by atoms with E-state index in [9.17, 15) is 10.1 Å². The summed E-state index contributed by atoms with van der Waals surface area (Å²) in [5.41, 5.74) is 0.863. The number of hydrogen-bond donors (Lipinski definition) is 0. The van der Waals surface area contributed by atoms with Gasteiger partial charge in [-0.1, -0.05) is 44.2 Å². The number of rotatable bonds is 5. The van der Waals surface area contributed by atoms with Crippen LogP contribution in [0.5, 0.6) is 0 Å². The van der Waals surface area contributed by atoms with Crippen LogP contribution in [0.1, 0.15) is 38.3 Å². The molecule has 1 aromatic rings. The largest absolute Gasteiger partial charge is 0.326 e. The summed E-state index contributed by atoms with van der Waals surface area (Å²) in [4.78, 5) is 13.8. The lowest BCUT2D eigenvalue weighted by Gasteiger charge is -2.26. The van der Waals surface area contributed by atoms with Crippen molar-refractivity contribution in [3.63, 3.8) is 0 Å². The first-order chi connectivity index (χ1) is 8.65. The van der Waals surface area contributed by atoms with Crippen molar-refractivity contribution in [1.82, 2.24) is 4.90 Å². The standard InChI is InChI=1S/C15H20N2O/c1-4-12(5-2)15(18)17(3)14(11-16)13-9-7-6-8-10-13/h6-10,12,14H,4-5H2,1-3H3. The van der Waals surface area contributed by atoms with E-state index in [2.05, 4.69) is 6.07 Å². The summed E-state index contributed by atoms with van der Waals surface area (Å²) in [5, 5.41) is 9.28. The van der Waals surface area contributed by atoms with Gasteiger partial charge in [-0.15, -0.1) is 0 Å². The SMILES string of the molecule is CCC(CC)C(=O)N(C)C(C#N)c1ccccc1. The van der Waals surface area contributed by atoms with Crippen molar-refractivity contribution in [1.29, 1.82) is 5.26 Å². The quantitative estimate of drug-likeness (QED) is 0.798. The average molecular weight is 244 g/mol. The second kappa shape index (κ2) is 6.80. The van der Waals surface area contributed by atoms with Crippen LogP contribution in [-0.4, -0.2) is 17.9 Å². The normalized spacial score (nSPS) is 11.9. The molecule has 3 nitrogen and oxygen atoms in total. The Morgan fingerprint density at radius 2 is 1.83 bits per heavy atom. The smallest absolute Gasteiger partial charge is 0.226 e. The van der Waals surface area contributed by atoms with Crippen LogP contribution in [0.4, 0.5) is 0 Å². The number of benzene rings is 1. The molecule has 18 heavy (non-hydrogen) atoms. The summed E-state index contributed by atoms with van der Waals surface area (Å²) in [6, 6.07) is 11.1. The van der Waals surface area contributed by atoms with Gasteiger partial charge < -0.3 is 4.90 Å². The zero-order chi connectivity index (χ0) is 13.5. The first-order valence-corrected chi connectivity index (χ1v) is 6.36. The molecule has 0 N–H and O–H groups in total. The minimum atomic E-state index is -0.501. The van der Waals surface area contributed by atoms with Gasteiger partial charge in [-0.25, -0.2) is 0 Å². The van der Waals surface area contributed by atoms with E-state index < -0.39 is 6.04 Å². The first-order valence-electron chi connectivity index (χ1n) is 6.36. The molecule has 1 aromatic carbocycles. The second-order valence-corrected chi connectivity index (χ2v) is 4.40. The molecule has 0 spiro atoms. The molecule has 96 valence electrons. The highest BCUT2D eigenvalue weighted by Gasteiger charge is 2.25. The number of nitriles is 1. The molecule has 0 heterocycles. The van der Waals surface area contributed by atoms with E-state index in [-0.39, 0.29) is 11.8 Å². The van der Waals surface area contributed by atoms with Crippen molar-refractivity contribution in [3.8, 4) is 6.07 Å². The summed E-state index contributed by atoms with van der Waals surface area (Å²) in [6.45, 7) is 4.01. The molecule has 0 aliphatic carbocycles. The van der Waals surface area contributed by atoms with Gasteiger partial charge in [0.05, 0.1) is 6.07 Å². The predicted molar refractivity (Wildman–Crippen MR) is 71.6 cm³/mol. The van der Waals surface area contributed by atoms with E-state index in [1.807, 2.05) is 44.2 Å². The number of hydrogen-bond acceptors (Lipinski definition) is 2. The highest BCUT2D eigenvalue weighted by Crippen LogP contribution is 2.22. The van der Waals surface area contributed by atoms with Crippen molar-refractivity contribution < 1.29 is 4.79 Å². The number of carbonyl (C=O) groups is 1. The van der Waals surface area contributed by atoms with E-state index >= 15 is 0 Å². The molecule has 0 radical (unpaired) electrons. The monoisotopic (exact) mass is 244 g/mol. The van der Waals surface area contributed by atoms with E-state index in [1.165, 1.54) is 0 Å². The molecule has 0 saturated heterocycles. The van der Waals surface area contributed by atoms with E-state index in [0.717, 1.165) is 18.4 Å². The highest BCUT2D eigenvalue weighted by molar-refractivity contribution is 5.79. The zero-order valence-corrected chi connectivity index (χ0v) is 11.3. The summed E-state index contributed by atoms with van der Waals surface area (Å²) in [7, 11) is 1.71. The molecule has 1 unspecified atom stereocenters.